The van der Waals surface area contributed by atoms with E-state index in [2.05, 4.69) is 5.32 Å². The van der Waals surface area contributed by atoms with Crippen molar-refractivity contribution in [3.63, 3.8) is 0 Å². The van der Waals surface area contributed by atoms with Crippen LogP contribution in [-0.4, -0.2) is 30.3 Å². The summed E-state index contributed by atoms with van der Waals surface area (Å²) < 4.78 is 26.3. The van der Waals surface area contributed by atoms with Crippen molar-refractivity contribution in [2.75, 3.05) is 13.6 Å². The highest BCUT2D eigenvalue weighted by Gasteiger charge is 2.13. The van der Waals surface area contributed by atoms with Crippen molar-refractivity contribution in [1.29, 1.82) is 0 Å². The minimum atomic E-state index is -0.903. The van der Waals surface area contributed by atoms with Crippen LogP contribution in [0.25, 0.3) is 0 Å². The van der Waals surface area contributed by atoms with Gasteiger partial charge in [-0.05, 0) is 30.0 Å². The van der Waals surface area contributed by atoms with Crippen LogP contribution < -0.4 is 5.32 Å². The Bertz CT molecular complexity index is 705. The first-order valence-corrected chi connectivity index (χ1v) is 8.35. The van der Waals surface area contributed by atoms with Gasteiger partial charge < -0.3 is 10.2 Å². The van der Waals surface area contributed by atoms with Crippen LogP contribution in [0.3, 0.4) is 0 Å². The molecule has 0 radical (unpaired) electrons. The number of halogens is 2. The summed E-state index contributed by atoms with van der Waals surface area (Å²) in [5.41, 5.74) is -0.211. The van der Waals surface area contributed by atoms with Gasteiger partial charge in [-0.15, -0.1) is 11.3 Å². The van der Waals surface area contributed by atoms with Gasteiger partial charge in [0.1, 0.15) is 11.6 Å². The molecular formula is C17H18F2N2O2S. The number of nitrogens with one attached hydrogen (secondary N) is 1. The molecule has 128 valence electrons. The van der Waals surface area contributed by atoms with Crippen molar-refractivity contribution in [2.45, 2.75) is 19.4 Å². The van der Waals surface area contributed by atoms with Crippen LogP contribution in [0.15, 0.2) is 35.7 Å². The number of benzene rings is 1. The fourth-order valence-corrected chi connectivity index (χ4v) is 2.88. The largest absolute Gasteiger partial charge is 0.352 e. The van der Waals surface area contributed by atoms with Crippen molar-refractivity contribution >= 4 is 23.2 Å². The Labute approximate surface area is 143 Å². The molecule has 2 amide bonds. The molecule has 0 aliphatic rings. The lowest BCUT2D eigenvalue weighted by molar-refractivity contribution is -0.130. The zero-order valence-corrected chi connectivity index (χ0v) is 14.0. The molecule has 0 unspecified atom stereocenters. The monoisotopic (exact) mass is 352 g/mol. The molecule has 0 saturated heterocycles. The SMILES string of the molecule is CN(Cc1cccs1)C(=O)CCCNC(=O)c1ccc(F)cc1F. The Morgan fingerprint density at radius 2 is 2.04 bits per heavy atom. The predicted molar refractivity (Wildman–Crippen MR) is 88.7 cm³/mol. The molecule has 0 bridgehead atoms. The van der Waals surface area contributed by atoms with E-state index in [0.717, 1.165) is 17.0 Å². The average molecular weight is 352 g/mol. The van der Waals surface area contributed by atoms with Crippen molar-refractivity contribution in [2.24, 2.45) is 0 Å². The van der Waals surface area contributed by atoms with Gasteiger partial charge in [-0.1, -0.05) is 6.07 Å². The van der Waals surface area contributed by atoms with Gasteiger partial charge in [0.15, 0.2) is 0 Å². The molecular weight excluding hydrogens is 334 g/mol. The highest BCUT2D eigenvalue weighted by atomic mass is 32.1. The van der Waals surface area contributed by atoms with Crippen LogP contribution >= 0.6 is 11.3 Å². The zero-order chi connectivity index (χ0) is 17.5. The quantitative estimate of drug-likeness (QED) is 0.778. The first-order chi connectivity index (χ1) is 11.5. The Kier molecular flexibility index (Phi) is 6.43. The molecule has 1 heterocycles. The molecule has 1 aromatic carbocycles. The van der Waals surface area contributed by atoms with Gasteiger partial charge in [-0.3, -0.25) is 9.59 Å². The van der Waals surface area contributed by atoms with Gasteiger partial charge in [0.05, 0.1) is 12.1 Å². The number of thiophene rings is 1. The van der Waals surface area contributed by atoms with Crippen molar-refractivity contribution in [3.05, 3.63) is 57.8 Å². The average Bonchev–Trinajstić information content (AvgIpc) is 3.04. The molecule has 0 fully saturated rings. The second-order valence-electron chi connectivity index (χ2n) is 5.31. The lowest BCUT2D eigenvalue weighted by atomic mass is 10.2. The van der Waals surface area contributed by atoms with E-state index in [0.29, 0.717) is 19.0 Å². The minimum Gasteiger partial charge on any atom is -0.352 e. The second-order valence-corrected chi connectivity index (χ2v) is 6.35. The first kappa shape index (κ1) is 18.1. The summed E-state index contributed by atoms with van der Waals surface area (Å²) in [5, 5.41) is 4.49. The molecule has 1 N–H and O–H groups in total. The normalized spacial score (nSPS) is 10.5. The molecule has 0 aliphatic heterocycles. The van der Waals surface area contributed by atoms with E-state index in [9.17, 15) is 18.4 Å². The number of amides is 2. The van der Waals surface area contributed by atoms with E-state index in [1.807, 2.05) is 17.5 Å². The first-order valence-electron chi connectivity index (χ1n) is 7.47. The van der Waals surface area contributed by atoms with Crippen LogP contribution in [-0.2, 0) is 11.3 Å². The number of carbonyl (C=O) groups is 2. The summed E-state index contributed by atoms with van der Waals surface area (Å²) in [7, 11) is 1.73. The van der Waals surface area contributed by atoms with Crippen LogP contribution in [0.2, 0.25) is 0 Å². The van der Waals surface area contributed by atoms with Gasteiger partial charge in [0, 0.05) is 31.0 Å². The van der Waals surface area contributed by atoms with Gasteiger partial charge >= 0.3 is 0 Å². The zero-order valence-electron chi connectivity index (χ0n) is 13.2. The van der Waals surface area contributed by atoms with Gasteiger partial charge in [-0.2, -0.15) is 0 Å². The molecule has 0 saturated carbocycles. The maximum Gasteiger partial charge on any atom is 0.254 e. The molecule has 0 spiro atoms. The molecule has 2 aromatic rings. The molecule has 1 aromatic heterocycles. The fraction of sp³-hybridized carbons (Fsp3) is 0.294. The Morgan fingerprint density at radius 1 is 1.25 bits per heavy atom. The van der Waals surface area contributed by atoms with Crippen molar-refractivity contribution in [1.82, 2.24) is 10.2 Å². The number of carbonyl (C=O) groups excluding carboxylic acids is 2. The number of nitrogens with zero attached hydrogens (tertiary/aromatic N) is 1. The number of hydrogen-bond acceptors (Lipinski definition) is 3. The third kappa shape index (κ3) is 5.13. The van der Waals surface area contributed by atoms with E-state index in [-0.39, 0.29) is 24.4 Å². The third-order valence-corrected chi connectivity index (χ3v) is 4.29. The molecule has 0 aliphatic carbocycles. The van der Waals surface area contributed by atoms with E-state index < -0.39 is 17.5 Å². The molecule has 4 nitrogen and oxygen atoms in total. The summed E-state index contributed by atoms with van der Waals surface area (Å²) in [6, 6.07) is 6.69. The highest BCUT2D eigenvalue weighted by Crippen LogP contribution is 2.12. The van der Waals surface area contributed by atoms with Gasteiger partial charge in [-0.25, -0.2) is 8.78 Å². The van der Waals surface area contributed by atoms with Gasteiger partial charge in [0.25, 0.3) is 5.91 Å². The lowest BCUT2D eigenvalue weighted by Gasteiger charge is -2.16. The second kappa shape index (κ2) is 8.54. The smallest absolute Gasteiger partial charge is 0.254 e. The van der Waals surface area contributed by atoms with E-state index in [1.54, 1.807) is 23.3 Å². The Balaban J connectivity index is 1.72. The molecule has 2 rings (SSSR count). The lowest BCUT2D eigenvalue weighted by Crippen LogP contribution is -2.29. The van der Waals surface area contributed by atoms with Crippen molar-refractivity contribution in [3.8, 4) is 0 Å². The molecule has 7 heteroatoms. The van der Waals surface area contributed by atoms with Crippen molar-refractivity contribution < 1.29 is 18.4 Å². The predicted octanol–water partition coefficient (Wildman–Crippen LogP) is 3.19. The van der Waals surface area contributed by atoms with E-state index >= 15 is 0 Å². The highest BCUT2D eigenvalue weighted by molar-refractivity contribution is 7.09. The fourth-order valence-electron chi connectivity index (χ4n) is 2.13. The summed E-state index contributed by atoms with van der Waals surface area (Å²) in [6.07, 6.45) is 0.732. The Hall–Kier alpha value is -2.28. The summed E-state index contributed by atoms with van der Waals surface area (Å²) >= 11 is 1.59. The Morgan fingerprint density at radius 3 is 2.71 bits per heavy atom. The maximum absolute atomic E-state index is 13.5. The van der Waals surface area contributed by atoms with Crippen LogP contribution in [0.1, 0.15) is 28.1 Å². The number of hydrogen-bond donors (Lipinski definition) is 1. The van der Waals surface area contributed by atoms with Crippen LogP contribution in [0.5, 0.6) is 0 Å². The third-order valence-electron chi connectivity index (χ3n) is 3.43. The molecule has 24 heavy (non-hydrogen) atoms. The summed E-state index contributed by atoms with van der Waals surface area (Å²) in [4.78, 5) is 26.5. The molecule has 0 atom stereocenters. The van der Waals surface area contributed by atoms with E-state index in [1.165, 1.54) is 0 Å². The minimum absolute atomic E-state index is 0.0226. The van der Waals surface area contributed by atoms with E-state index in [4.69, 9.17) is 0 Å². The van der Waals surface area contributed by atoms with Crippen LogP contribution in [0.4, 0.5) is 8.78 Å². The number of rotatable bonds is 7. The summed E-state index contributed by atoms with van der Waals surface area (Å²) in [5.74, 6) is -2.28. The summed E-state index contributed by atoms with van der Waals surface area (Å²) in [6.45, 7) is 0.803. The standard InChI is InChI=1S/C17H18F2N2O2S/c1-21(11-13-4-3-9-24-13)16(22)5-2-8-20-17(23)14-7-6-12(18)10-15(14)19/h3-4,6-7,9-10H,2,5,8,11H2,1H3,(H,20,23). The van der Waals surface area contributed by atoms with Gasteiger partial charge in [0.2, 0.25) is 5.91 Å². The van der Waals surface area contributed by atoms with Crippen LogP contribution in [0, 0.1) is 11.6 Å². The maximum atomic E-state index is 13.5. The topological polar surface area (TPSA) is 49.4 Å².